The van der Waals surface area contributed by atoms with Crippen LogP contribution in [0.15, 0.2) is 67.4 Å². The van der Waals surface area contributed by atoms with E-state index in [1.165, 1.54) is 24.8 Å². The maximum atomic E-state index is 13.1. The number of carbonyl (C=O) groups is 1. The van der Waals surface area contributed by atoms with Crippen LogP contribution in [0.3, 0.4) is 0 Å². The van der Waals surface area contributed by atoms with E-state index in [1.807, 2.05) is 13.0 Å². The first-order chi connectivity index (χ1) is 20.7. The number of aromatic nitrogens is 4. The molecule has 4 aromatic rings. The highest BCUT2D eigenvalue weighted by molar-refractivity contribution is 6.05. The van der Waals surface area contributed by atoms with E-state index in [4.69, 9.17) is 0 Å². The number of hydrogen-bond donors (Lipinski definition) is 3. The molecule has 0 radical (unpaired) electrons. The highest BCUT2D eigenvalue weighted by Gasteiger charge is 2.30. The molecule has 0 unspecified atom stereocenters. The molecule has 1 amide bonds. The van der Waals surface area contributed by atoms with Crippen molar-refractivity contribution in [1.82, 2.24) is 29.7 Å². The Kier molecular flexibility index (Phi) is 9.12. The van der Waals surface area contributed by atoms with Crippen LogP contribution in [-0.4, -0.2) is 82.0 Å². The molecule has 3 heterocycles. The van der Waals surface area contributed by atoms with Crippen LogP contribution in [0.2, 0.25) is 0 Å². The molecule has 3 N–H and O–H groups in total. The number of aryl methyl sites for hydroxylation is 1. The number of anilines is 4. The lowest BCUT2D eigenvalue weighted by Gasteiger charge is -2.32. The Labute approximate surface area is 247 Å². The first-order valence-corrected chi connectivity index (χ1v) is 13.8. The Morgan fingerprint density at radius 2 is 1.79 bits per heavy atom. The van der Waals surface area contributed by atoms with Crippen LogP contribution in [0.1, 0.15) is 21.5 Å². The van der Waals surface area contributed by atoms with Gasteiger partial charge in [0.1, 0.15) is 24.3 Å². The molecule has 0 spiro atoms. The van der Waals surface area contributed by atoms with Gasteiger partial charge in [-0.2, -0.15) is 13.2 Å². The molecule has 224 valence electrons. The lowest BCUT2D eigenvalue weighted by molar-refractivity contribution is -0.137. The molecule has 13 heteroatoms. The highest BCUT2D eigenvalue weighted by atomic mass is 19.4. The topological polar surface area (TPSA) is 111 Å². The van der Waals surface area contributed by atoms with Gasteiger partial charge in [-0.15, -0.1) is 0 Å². The summed E-state index contributed by atoms with van der Waals surface area (Å²) in [4.78, 5) is 35.0. The monoisotopic (exact) mass is 591 g/mol. The number of nitrogens with zero attached hydrogens (tertiary/aromatic N) is 6. The number of amides is 1. The van der Waals surface area contributed by atoms with Gasteiger partial charge in [-0.3, -0.25) is 9.69 Å². The molecule has 10 nitrogen and oxygen atoms in total. The Hall–Kier alpha value is -4.62. The van der Waals surface area contributed by atoms with Gasteiger partial charge in [0.25, 0.3) is 5.91 Å². The lowest BCUT2D eigenvalue weighted by atomic mass is 10.1. The van der Waals surface area contributed by atoms with E-state index in [0.717, 1.165) is 57.0 Å². The van der Waals surface area contributed by atoms with Gasteiger partial charge in [0.15, 0.2) is 0 Å². The smallest absolute Gasteiger partial charge is 0.369 e. The Morgan fingerprint density at radius 3 is 2.58 bits per heavy atom. The number of halogens is 3. The van der Waals surface area contributed by atoms with Crippen molar-refractivity contribution in [2.75, 3.05) is 62.3 Å². The molecule has 0 saturated carbocycles. The lowest BCUT2D eigenvalue weighted by Crippen LogP contribution is -2.45. The van der Waals surface area contributed by atoms with Gasteiger partial charge in [-0.25, -0.2) is 19.9 Å². The fourth-order valence-corrected chi connectivity index (χ4v) is 4.63. The van der Waals surface area contributed by atoms with Crippen LogP contribution in [0, 0.1) is 6.92 Å². The summed E-state index contributed by atoms with van der Waals surface area (Å²) >= 11 is 0. The van der Waals surface area contributed by atoms with Crippen LogP contribution in [0.5, 0.6) is 0 Å². The van der Waals surface area contributed by atoms with E-state index in [-0.39, 0.29) is 11.3 Å². The zero-order valence-electron chi connectivity index (χ0n) is 23.8. The van der Waals surface area contributed by atoms with Gasteiger partial charge in [0.2, 0.25) is 0 Å². The second kappa shape index (κ2) is 13.1. The Balaban J connectivity index is 1.29. The van der Waals surface area contributed by atoms with Gasteiger partial charge >= 0.3 is 6.18 Å². The molecular formula is C30H32F3N9O. The molecule has 2 aromatic carbocycles. The fraction of sp³-hybridized carbons (Fsp3) is 0.300. The van der Waals surface area contributed by atoms with Crippen molar-refractivity contribution in [2.24, 2.45) is 0 Å². The van der Waals surface area contributed by atoms with Crippen molar-refractivity contribution >= 4 is 28.9 Å². The first-order valence-electron chi connectivity index (χ1n) is 13.8. The number of nitrogens with one attached hydrogen (secondary N) is 3. The van der Waals surface area contributed by atoms with E-state index in [2.05, 4.69) is 52.7 Å². The zero-order chi connectivity index (χ0) is 30.4. The van der Waals surface area contributed by atoms with Crippen LogP contribution < -0.4 is 16.0 Å². The summed E-state index contributed by atoms with van der Waals surface area (Å²) in [5.74, 6) is 0.599. The summed E-state index contributed by atoms with van der Waals surface area (Å²) in [6.45, 7) is 7.71. The third kappa shape index (κ3) is 7.81. The van der Waals surface area contributed by atoms with Crippen molar-refractivity contribution < 1.29 is 18.0 Å². The number of likely N-dealkylation sites (N-methyl/N-ethyl adjacent to an activating group) is 1. The summed E-state index contributed by atoms with van der Waals surface area (Å²) < 4.78 is 39.3. The maximum absolute atomic E-state index is 13.1. The van der Waals surface area contributed by atoms with E-state index in [9.17, 15) is 18.0 Å². The van der Waals surface area contributed by atoms with E-state index < -0.39 is 17.6 Å². The number of benzene rings is 2. The molecule has 2 aromatic heterocycles. The number of piperazine rings is 1. The summed E-state index contributed by atoms with van der Waals surface area (Å²) in [6, 6.07) is 11.3. The fourth-order valence-electron chi connectivity index (χ4n) is 4.63. The molecule has 1 aliphatic rings. The first kappa shape index (κ1) is 29.9. The van der Waals surface area contributed by atoms with Crippen molar-refractivity contribution in [1.29, 1.82) is 0 Å². The van der Waals surface area contributed by atoms with Crippen LogP contribution in [0.25, 0.3) is 11.3 Å². The van der Waals surface area contributed by atoms with Crippen molar-refractivity contribution in [3.8, 4) is 11.3 Å². The van der Waals surface area contributed by atoms with Gasteiger partial charge < -0.3 is 20.9 Å². The van der Waals surface area contributed by atoms with Crippen molar-refractivity contribution in [2.45, 2.75) is 13.1 Å². The molecule has 43 heavy (non-hydrogen) atoms. The van der Waals surface area contributed by atoms with Gasteiger partial charge in [-0.05, 0) is 49.9 Å². The Morgan fingerprint density at radius 1 is 0.977 bits per heavy atom. The molecule has 1 aliphatic heterocycles. The minimum absolute atomic E-state index is 0.0460. The molecule has 0 aliphatic carbocycles. The van der Waals surface area contributed by atoms with Gasteiger partial charge in [0.05, 0.1) is 16.8 Å². The zero-order valence-corrected chi connectivity index (χ0v) is 23.8. The summed E-state index contributed by atoms with van der Waals surface area (Å²) in [5.41, 5.74) is 2.12. The highest BCUT2D eigenvalue weighted by Crippen LogP contribution is 2.32. The SMILES string of the molecule is Cc1ccc(C(=O)Nc2cccc(C(F)(F)F)c2)cc1Nc1ncncc1-c1cc(NCCN2CCN(C)CC2)ncn1. The standard InChI is InChI=1S/C30H32F3N9O/c1-20-6-7-21(29(43)39-23-5-3-4-22(15-23)30(31,32)33)14-25(20)40-28-24(17-34-18-38-28)26-16-27(37-19-36-26)35-8-9-42-12-10-41(2)11-13-42/h3-7,14-19H,8-13H2,1-2H3,(H,39,43)(H,34,38,40)(H,35,36,37). The van der Waals surface area contributed by atoms with E-state index in [1.54, 1.807) is 24.4 Å². The van der Waals surface area contributed by atoms with Crippen LogP contribution in [0.4, 0.5) is 36.2 Å². The van der Waals surface area contributed by atoms with Gasteiger partial charge in [0, 0.05) is 68.5 Å². The summed E-state index contributed by atoms with van der Waals surface area (Å²) in [5, 5.41) is 9.18. The predicted octanol–water partition coefficient (Wildman–Crippen LogP) is 4.92. The minimum Gasteiger partial charge on any atom is -0.369 e. The van der Waals surface area contributed by atoms with Gasteiger partial charge in [-0.1, -0.05) is 12.1 Å². The average Bonchev–Trinajstić information content (AvgIpc) is 2.99. The van der Waals surface area contributed by atoms with E-state index in [0.29, 0.717) is 28.6 Å². The van der Waals surface area contributed by atoms with Crippen LogP contribution >= 0.6 is 0 Å². The summed E-state index contributed by atoms with van der Waals surface area (Å²) in [7, 11) is 2.13. The second-order valence-corrected chi connectivity index (χ2v) is 10.3. The van der Waals surface area contributed by atoms with Crippen molar-refractivity contribution in [3.63, 3.8) is 0 Å². The third-order valence-corrected chi connectivity index (χ3v) is 7.19. The average molecular weight is 592 g/mol. The van der Waals surface area contributed by atoms with E-state index >= 15 is 0 Å². The van der Waals surface area contributed by atoms with Crippen LogP contribution in [-0.2, 0) is 6.18 Å². The second-order valence-electron chi connectivity index (χ2n) is 10.3. The number of alkyl halides is 3. The molecule has 5 rings (SSSR count). The summed E-state index contributed by atoms with van der Waals surface area (Å²) in [6.07, 6.45) is 0.0172. The quantitative estimate of drug-likeness (QED) is 0.250. The minimum atomic E-state index is -4.51. The number of carbonyl (C=O) groups excluding carboxylic acids is 1. The molecule has 0 bridgehead atoms. The van der Waals surface area contributed by atoms with Crippen molar-refractivity contribution in [3.05, 3.63) is 84.1 Å². The number of rotatable bonds is 9. The largest absolute Gasteiger partial charge is 0.416 e. The number of hydrogen-bond acceptors (Lipinski definition) is 9. The molecule has 1 fully saturated rings. The third-order valence-electron chi connectivity index (χ3n) is 7.19. The molecule has 0 atom stereocenters. The predicted molar refractivity (Wildman–Crippen MR) is 159 cm³/mol. The Bertz CT molecular complexity index is 1570. The normalized spacial score (nSPS) is 14.3. The molecule has 1 saturated heterocycles. The maximum Gasteiger partial charge on any atom is 0.416 e. The molecular weight excluding hydrogens is 559 g/mol.